The molecule has 0 spiro atoms. The van der Waals surface area contributed by atoms with Crippen molar-refractivity contribution >= 4 is 23.4 Å². The van der Waals surface area contributed by atoms with E-state index in [0.717, 1.165) is 17.9 Å². The van der Waals surface area contributed by atoms with Crippen molar-refractivity contribution in [3.05, 3.63) is 11.9 Å². The van der Waals surface area contributed by atoms with Crippen LogP contribution in [0, 0.1) is 0 Å². The van der Waals surface area contributed by atoms with Gasteiger partial charge in [-0.25, -0.2) is 15.8 Å². The fraction of sp³-hybridized carbons (Fsp3) is 0.636. The molecule has 0 aliphatic carbocycles. The highest BCUT2D eigenvalue weighted by atomic mass is 32.2. The number of nitrogens with zero attached hydrogens (tertiary/aromatic N) is 2. The Morgan fingerprint density at radius 1 is 1.29 bits per heavy atom. The fourth-order valence-corrected chi connectivity index (χ4v) is 1.77. The molecule has 0 radical (unpaired) electrons. The highest BCUT2D eigenvalue weighted by Gasteiger charge is 2.14. The first kappa shape index (κ1) is 14.1. The van der Waals surface area contributed by atoms with Crippen LogP contribution < -0.4 is 16.6 Å². The maximum absolute atomic E-state index is 5.47. The molecule has 0 aliphatic rings. The molecule has 1 unspecified atom stereocenters. The first-order valence-corrected chi connectivity index (χ1v) is 6.97. The van der Waals surface area contributed by atoms with Gasteiger partial charge >= 0.3 is 0 Å². The van der Waals surface area contributed by atoms with Crippen LogP contribution in [0.25, 0.3) is 0 Å². The Balaban J connectivity index is 2.90. The van der Waals surface area contributed by atoms with Crippen molar-refractivity contribution in [3.63, 3.8) is 0 Å². The molecule has 5 nitrogen and oxygen atoms in total. The Hall–Kier alpha value is -1.01. The van der Waals surface area contributed by atoms with Gasteiger partial charge in [0, 0.05) is 17.4 Å². The van der Waals surface area contributed by atoms with E-state index in [9.17, 15) is 0 Å². The van der Waals surface area contributed by atoms with Crippen molar-refractivity contribution in [2.24, 2.45) is 5.84 Å². The molecular weight excluding hydrogens is 234 g/mol. The molecule has 0 saturated heterocycles. The molecule has 1 atom stereocenters. The Bertz CT molecular complexity index is 356. The minimum absolute atomic E-state index is 0.314. The standard InChI is InChI=1S/C11H21N5S/c1-7(2)9-10(13-5-8(3)17-4)14-6-15-11(9)16-12/h6-8H,5,12H2,1-4H3,(H2,13,14,15,16). The smallest absolute Gasteiger partial charge is 0.148 e. The zero-order valence-corrected chi connectivity index (χ0v) is 11.6. The van der Waals surface area contributed by atoms with E-state index in [4.69, 9.17) is 5.84 Å². The summed E-state index contributed by atoms with van der Waals surface area (Å²) < 4.78 is 0. The van der Waals surface area contributed by atoms with Crippen LogP contribution in [0.1, 0.15) is 32.3 Å². The maximum atomic E-state index is 5.47. The molecule has 0 aromatic carbocycles. The topological polar surface area (TPSA) is 75.9 Å². The molecule has 4 N–H and O–H groups in total. The van der Waals surface area contributed by atoms with E-state index in [1.807, 2.05) is 11.8 Å². The molecule has 1 aromatic heterocycles. The fourth-order valence-electron chi connectivity index (χ4n) is 1.52. The van der Waals surface area contributed by atoms with Crippen molar-refractivity contribution in [2.75, 3.05) is 23.5 Å². The van der Waals surface area contributed by atoms with Crippen LogP contribution >= 0.6 is 11.8 Å². The lowest BCUT2D eigenvalue weighted by molar-refractivity contribution is 0.842. The zero-order chi connectivity index (χ0) is 12.8. The normalized spacial score (nSPS) is 12.6. The number of nitrogens with one attached hydrogen (secondary N) is 2. The first-order chi connectivity index (χ1) is 8.10. The summed E-state index contributed by atoms with van der Waals surface area (Å²) in [5.74, 6) is 7.34. The summed E-state index contributed by atoms with van der Waals surface area (Å²) in [6.07, 6.45) is 3.62. The number of hydrogen-bond donors (Lipinski definition) is 3. The Labute approximate surface area is 107 Å². The van der Waals surface area contributed by atoms with Crippen molar-refractivity contribution < 1.29 is 0 Å². The van der Waals surface area contributed by atoms with Gasteiger partial charge in [0.2, 0.25) is 0 Å². The van der Waals surface area contributed by atoms with Gasteiger partial charge in [-0.15, -0.1) is 0 Å². The lowest BCUT2D eigenvalue weighted by Gasteiger charge is -2.17. The summed E-state index contributed by atoms with van der Waals surface area (Å²) in [6.45, 7) is 7.25. The average molecular weight is 255 g/mol. The molecule has 1 rings (SSSR count). The van der Waals surface area contributed by atoms with Gasteiger partial charge in [-0.3, -0.25) is 0 Å². The molecule has 1 aromatic rings. The first-order valence-electron chi connectivity index (χ1n) is 5.68. The summed E-state index contributed by atoms with van der Waals surface area (Å²) >= 11 is 1.82. The van der Waals surface area contributed by atoms with E-state index < -0.39 is 0 Å². The van der Waals surface area contributed by atoms with Gasteiger partial charge < -0.3 is 10.7 Å². The Kier molecular flexibility index (Phi) is 5.50. The molecule has 0 aliphatic heterocycles. The second-order valence-corrected chi connectivity index (χ2v) is 5.49. The quantitative estimate of drug-likeness (QED) is 0.533. The number of nitrogen functional groups attached to an aromatic ring is 1. The number of rotatable bonds is 6. The summed E-state index contributed by atoms with van der Waals surface area (Å²) in [6, 6.07) is 0. The minimum atomic E-state index is 0.314. The van der Waals surface area contributed by atoms with Gasteiger partial charge in [-0.1, -0.05) is 20.8 Å². The molecule has 0 saturated carbocycles. The largest absolute Gasteiger partial charge is 0.369 e. The second kappa shape index (κ2) is 6.66. The van der Waals surface area contributed by atoms with Crippen molar-refractivity contribution in [3.8, 4) is 0 Å². The number of hydrogen-bond acceptors (Lipinski definition) is 6. The van der Waals surface area contributed by atoms with Crippen LogP contribution in [0.4, 0.5) is 11.6 Å². The van der Waals surface area contributed by atoms with E-state index in [2.05, 4.69) is 47.7 Å². The molecule has 0 fully saturated rings. The number of hydrazine groups is 1. The van der Waals surface area contributed by atoms with Crippen molar-refractivity contribution in [2.45, 2.75) is 31.9 Å². The Morgan fingerprint density at radius 2 is 1.94 bits per heavy atom. The SMILES string of the molecule is CSC(C)CNc1ncnc(NN)c1C(C)C. The molecule has 17 heavy (non-hydrogen) atoms. The zero-order valence-electron chi connectivity index (χ0n) is 10.8. The van der Waals surface area contributed by atoms with Gasteiger partial charge in [0.25, 0.3) is 0 Å². The second-order valence-electron chi connectivity index (χ2n) is 4.21. The summed E-state index contributed by atoms with van der Waals surface area (Å²) in [5, 5.41) is 3.89. The predicted octanol–water partition coefficient (Wildman–Crippen LogP) is 2.05. The summed E-state index contributed by atoms with van der Waals surface area (Å²) in [4.78, 5) is 8.42. The molecule has 1 heterocycles. The lowest BCUT2D eigenvalue weighted by atomic mass is 10.0. The summed E-state index contributed by atoms with van der Waals surface area (Å²) in [5.41, 5.74) is 3.65. The maximum Gasteiger partial charge on any atom is 0.148 e. The van der Waals surface area contributed by atoms with E-state index in [0.29, 0.717) is 17.0 Å². The van der Waals surface area contributed by atoms with Crippen LogP contribution in [0.3, 0.4) is 0 Å². The number of anilines is 2. The van der Waals surface area contributed by atoms with Crippen molar-refractivity contribution in [1.82, 2.24) is 9.97 Å². The third kappa shape index (κ3) is 3.74. The van der Waals surface area contributed by atoms with Gasteiger partial charge in [0.15, 0.2) is 0 Å². The van der Waals surface area contributed by atoms with Crippen molar-refractivity contribution in [1.29, 1.82) is 0 Å². The lowest BCUT2D eigenvalue weighted by Crippen LogP contribution is -2.18. The monoisotopic (exact) mass is 255 g/mol. The van der Waals surface area contributed by atoms with Crippen LogP contribution in [0.5, 0.6) is 0 Å². The highest BCUT2D eigenvalue weighted by molar-refractivity contribution is 7.99. The Morgan fingerprint density at radius 3 is 2.47 bits per heavy atom. The van der Waals surface area contributed by atoms with E-state index in [-0.39, 0.29) is 0 Å². The third-order valence-electron chi connectivity index (χ3n) is 2.56. The van der Waals surface area contributed by atoms with Gasteiger partial charge in [0.1, 0.15) is 18.0 Å². The van der Waals surface area contributed by atoms with E-state index in [1.54, 1.807) is 0 Å². The van der Waals surface area contributed by atoms with E-state index >= 15 is 0 Å². The van der Waals surface area contributed by atoms with Crippen LogP contribution in [0.2, 0.25) is 0 Å². The third-order valence-corrected chi connectivity index (χ3v) is 3.53. The minimum Gasteiger partial charge on any atom is -0.369 e. The molecule has 0 bridgehead atoms. The molecular formula is C11H21N5S. The number of aromatic nitrogens is 2. The molecule has 0 amide bonds. The van der Waals surface area contributed by atoms with Crippen LogP contribution in [-0.2, 0) is 0 Å². The van der Waals surface area contributed by atoms with Crippen LogP contribution in [-0.4, -0.2) is 28.0 Å². The van der Waals surface area contributed by atoms with Gasteiger partial charge in [0.05, 0.1) is 0 Å². The molecule has 96 valence electrons. The van der Waals surface area contributed by atoms with Crippen LogP contribution in [0.15, 0.2) is 6.33 Å². The number of thioether (sulfide) groups is 1. The predicted molar refractivity (Wildman–Crippen MR) is 75.4 cm³/mol. The molecule has 6 heteroatoms. The highest BCUT2D eigenvalue weighted by Crippen LogP contribution is 2.27. The van der Waals surface area contributed by atoms with Gasteiger partial charge in [-0.05, 0) is 12.2 Å². The number of nitrogens with two attached hydrogens (primary N) is 1. The van der Waals surface area contributed by atoms with Gasteiger partial charge in [-0.2, -0.15) is 11.8 Å². The average Bonchev–Trinajstić information content (AvgIpc) is 2.34. The van der Waals surface area contributed by atoms with E-state index in [1.165, 1.54) is 6.33 Å². The summed E-state index contributed by atoms with van der Waals surface area (Å²) in [7, 11) is 0.